The number of hydrogen-bond donors (Lipinski definition) is 2. The first-order valence-electron chi connectivity index (χ1n) is 9.77. The van der Waals surface area contributed by atoms with Crippen LogP contribution in [0.3, 0.4) is 0 Å². The molecule has 1 aliphatic heterocycles. The van der Waals surface area contributed by atoms with Crippen LogP contribution >= 0.6 is 0 Å². The molecule has 1 aliphatic rings. The Labute approximate surface area is 172 Å². The van der Waals surface area contributed by atoms with Gasteiger partial charge in [-0.15, -0.1) is 0 Å². The van der Waals surface area contributed by atoms with Gasteiger partial charge in [-0.2, -0.15) is 10.2 Å². The quantitative estimate of drug-likeness (QED) is 0.642. The summed E-state index contributed by atoms with van der Waals surface area (Å²) in [4.78, 5) is 38.2. The molecule has 1 aromatic carbocycles. The van der Waals surface area contributed by atoms with E-state index in [9.17, 15) is 14.4 Å². The molecule has 2 aromatic heterocycles. The number of nitrogens with one attached hydrogen (secondary N) is 2. The van der Waals surface area contributed by atoms with Gasteiger partial charge in [-0.25, -0.2) is 9.78 Å². The fraction of sp³-hybridized carbons (Fsp3) is 0.286. The zero-order chi connectivity index (χ0) is 21.1. The third kappa shape index (κ3) is 4.00. The van der Waals surface area contributed by atoms with Gasteiger partial charge in [-0.1, -0.05) is 30.3 Å². The summed E-state index contributed by atoms with van der Waals surface area (Å²) in [5, 5.41) is 13.6. The highest BCUT2D eigenvalue weighted by molar-refractivity contribution is 5.95. The summed E-state index contributed by atoms with van der Waals surface area (Å²) in [6, 6.07) is 12.1. The van der Waals surface area contributed by atoms with E-state index in [1.165, 1.54) is 23.0 Å². The molecule has 1 saturated heterocycles. The molecule has 0 saturated carbocycles. The molecular formula is C21H22N6O3. The Hall–Kier alpha value is -3.75. The van der Waals surface area contributed by atoms with Gasteiger partial charge in [0.2, 0.25) is 5.91 Å². The number of hydrogen-bond acceptors (Lipinski definition) is 5. The molecule has 0 radical (unpaired) electrons. The second kappa shape index (κ2) is 8.32. The van der Waals surface area contributed by atoms with Gasteiger partial charge in [0.05, 0.1) is 23.5 Å². The molecule has 9 heteroatoms. The van der Waals surface area contributed by atoms with Gasteiger partial charge in [-0.05, 0) is 25.0 Å². The van der Waals surface area contributed by atoms with Crippen molar-refractivity contribution in [1.82, 2.24) is 30.2 Å². The molecule has 2 N–H and O–H groups in total. The molecule has 154 valence electrons. The standard InChI is InChI=1S/C21H22N6O3/c1-14-16(12-22-27(14)18-9-10-19(28)25-24-18)21(30)23-17(15-6-3-2-4-7-15)13-26-11-5-8-20(26)29/h2-4,6-7,9-10,12,17H,5,8,11,13H2,1H3,(H,23,30)(H,25,28). The number of likely N-dealkylation sites (tertiary alicyclic amines) is 1. The predicted octanol–water partition coefficient (Wildman–Crippen LogP) is 1.36. The second-order valence-corrected chi connectivity index (χ2v) is 7.21. The molecular weight excluding hydrogens is 384 g/mol. The lowest BCUT2D eigenvalue weighted by Gasteiger charge is -2.25. The monoisotopic (exact) mass is 406 g/mol. The van der Waals surface area contributed by atoms with Crippen LogP contribution in [0.5, 0.6) is 0 Å². The molecule has 3 aromatic rings. The van der Waals surface area contributed by atoms with Crippen LogP contribution in [0.2, 0.25) is 0 Å². The van der Waals surface area contributed by atoms with Crippen molar-refractivity contribution in [2.45, 2.75) is 25.8 Å². The number of rotatable bonds is 6. The van der Waals surface area contributed by atoms with E-state index in [1.54, 1.807) is 11.8 Å². The second-order valence-electron chi connectivity index (χ2n) is 7.21. The average molecular weight is 406 g/mol. The summed E-state index contributed by atoms with van der Waals surface area (Å²) < 4.78 is 1.49. The van der Waals surface area contributed by atoms with Crippen LogP contribution in [-0.2, 0) is 4.79 Å². The lowest BCUT2D eigenvalue weighted by molar-refractivity contribution is -0.128. The number of aromatic amines is 1. The molecule has 3 heterocycles. The van der Waals surface area contributed by atoms with E-state index < -0.39 is 0 Å². The summed E-state index contributed by atoms with van der Waals surface area (Å²) in [6.07, 6.45) is 2.86. The van der Waals surface area contributed by atoms with E-state index >= 15 is 0 Å². The fourth-order valence-corrected chi connectivity index (χ4v) is 3.59. The van der Waals surface area contributed by atoms with E-state index in [1.807, 2.05) is 30.3 Å². The highest BCUT2D eigenvalue weighted by atomic mass is 16.2. The summed E-state index contributed by atoms with van der Waals surface area (Å²) in [5.41, 5.74) is 1.61. The van der Waals surface area contributed by atoms with Crippen LogP contribution in [0.25, 0.3) is 5.82 Å². The number of benzene rings is 1. The van der Waals surface area contributed by atoms with E-state index in [4.69, 9.17) is 0 Å². The Morgan fingerprint density at radius 2 is 2.00 bits per heavy atom. The first-order chi connectivity index (χ1) is 14.5. The van der Waals surface area contributed by atoms with Gasteiger partial charge in [0.1, 0.15) is 0 Å². The van der Waals surface area contributed by atoms with Gasteiger partial charge in [-0.3, -0.25) is 14.4 Å². The predicted molar refractivity (Wildman–Crippen MR) is 109 cm³/mol. The first kappa shape index (κ1) is 19.6. The van der Waals surface area contributed by atoms with E-state index in [0.717, 1.165) is 12.0 Å². The Morgan fingerprint density at radius 3 is 2.67 bits per heavy atom. The smallest absolute Gasteiger partial charge is 0.264 e. The molecule has 4 rings (SSSR count). The lowest BCUT2D eigenvalue weighted by atomic mass is 10.1. The van der Waals surface area contributed by atoms with E-state index in [2.05, 4.69) is 20.6 Å². The number of carbonyl (C=O) groups is 2. The molecule has 1 unspecified atom stereocenters. The number of nitrogens with zero attached hydrogens (tertiary/aromatic N) is 4. The van der Waals surface area contributed by atoms with Crippen LogP contribution in [0.4, 0.5) is 0 Å². The molecule has 1 atom stereocenters. The molecule has 30 heavy (non-hydrogen) atoms. The van der Waals surface area contributed by atoms with Gasteiger partial charge < -0.3 is 10.2 Å². The SMILES string of the molecule is Cc1c(C(=O)NC(CN2CCCC2=O)c2ccccc2)cnn1-c1ccc(=O)[nH]n1. The van der Waals surface area contributed by atoms with Gasteiger partial charge in [0, 0.05) is 25.6 Å². The van der Waals surface area contributed by atoms with Gasteiger partial charge in [0.25, 0.3) is 11.5 Å². The minimum absolute atomic E-state index is 0.110. The Bertz CT molecular complexity index is 1100. The number of aromatic nitrogens is 4. The minimum atomic E-state index is -0.338. The summed E-state index contributed by atoms with van der Waals surface area (Å²) in [6.45, 7) is 2.88. The minimum Gasteiger partial charge on any atom is -0.343 e. The van der Waals surface area contributed by atoms with Gasteiger partial charge in [0.15, 0.2) is 5.82 Å². The maximum atomic E-state index is 13.1. The van der Waals surface area contributed by atoms with Crippen molar-refractivity contribution < 1.29 is 9.59 Å². The van der Waals surface area contributed by atoms with Crippen LogP contribution < -0.4 is 10.9 Å². The molecule has 1 fully saturated rings. The van der Waals surface area contributed by atoms with E-state index in [0.29, 0.717) is 36.6 Å². The third-order valence-corrected chi connectivity index (χ3v) is 5.22. The van der Waals surface area contributed by atoms with Gasteiger partial charge >= 0.3 is 0 Å². The fourth-order valence-electron chi connectivity index (χ4n) is 3.59. The average Bonchev–Trinajstić information content (AvgIpc) is 3.34. The van der Waals surface area contributed by atoms with Crippen molar-refractivity contribution in [3.63, 3.8) is 0 Å². The highest BCUT2D eigenvalue weighted by Crippen LogP contribution is 2.20. The Kier molecular flexibility index (Phi) is 5.42. The van der Waals surface area contributed by atoms with Crippen molar-refractivity contribution in [1.29, 1.82) is 0 Å². The zero-order valence-electron chi connectivity index (χ0n) is 16.5. The first-order valence-corrected chi connectivity index (χ1v) is 9.77. The maximum Gasteiger partial charge on any atom is 0.264 e. The molecule has 9 nitrogen and oxygen atoms in total. The lowest BCUT2D eigenvalue weighted by Crippen LogP contribution is -2.38. The summed E-state index contributed by atoms with van der Waals surface area (Å²) in [7, 11) is 0. The Balaban J connectivity index is 1.57. The van der Waals surface area contributed by atoms with Crippen LogP contribution in [0.15, 0.2) is 53.5 Å². The third-order valence-electron chi connectivity index (χ3n) is 5.22. The van der Waals surface area contributed by atoms with Crippen LogP contribution in [0.1, 0.15) is 40.5 Å². The number of H-pyrrole nitrogens is 1. The van der Waals surface area contributed by atoms with Crippen molar-refractivity contribution >= 4 is 11.8 Å². The molecule has 0 bridgehead atoms. The van der Waals surface area contributed by atoms with Crippen molar-refractivity contribution in [3.05, 3.63) is 75.8 Å². The normalized spacial score (nSPS) is 14.7. The summed E-state index contributed by atoms with van der Waals surface area (Å²) in [5.74, 6) is 0.232. The summed E-state index contributed by atoms with van der Waals surface area (Å²) >= 11 is 0. The molecule has 0 aliphatic carbocycles. The topological polar surface area (TPSA) is 113 Å². The van der Waals surface area contributed by atoms with E-state index in [-0.39, 0.29) is 23.4 Å². The van der Waals surface area contributed by atoms with Crippen LogP contribution in [0, 0.1) is 6.92 Å². The maximum absolute atomic E-state index is 13.1. The number of carbonyl (C=O) groups excluding carboxylic acids is 2. The Morgan fingerprint density at radius 1 is 1.20 bits per heavy atom. The molecule has 0 spiro atoms. The highest BCUT2D eigenvalue weighted by Gasteiger charge is 2.26. The zero-order valence-corrected chi connectivity index (χ0v) is 16.5. The van der Waals surface area contributed by atoms with Crippen molar-refractivity contribution in [2.75, 3.05) is 13.1 Å². The largest absolute Gasteiger partial charge is 0.343 e. The molecule has 2 amide bonds. The van der Waals surface area contributed by atoms with Crippen molar-refractivity contribution in [2.24, 2.45) is 0 Å². The van der Waals surface area contributed by atoms with Crippen molar-refractivity contribution in [3.8, 4) is 5.82 Å². The van der Waals surface area contributed by atoms with Crippen LogP contribution in [-0.4, -0.2) is 49.8 Å². The number of amides is 2.